The topological polar surface area (TPSA) is 66.5 Å². The van der Waals surface area contributed by atoms with Crippen LogP contribution in [0.4, 0.5) is 0 Å². The number of likely N-dealkylation sites (N-methyl/N-ethyl adjacent to an activating group) is 1. The van der Waals surface area contributed by atoms with Crippen molar-refractivity contribution in [2.24, 2.45) is 0 Å². The molecule has 0 saturated heterocycles. The SMILES string of the molecule is CNC(=O)CN(CCc1ccccc1)S(=O)(=O)c1c(C)cc(C)cc1C. The Bertz CT molecular complexity index is 854. The highest BCUT2D eigenvalue weighted by Crippen LogP contribution is 2.25. The van der Waals surface area contributed by atoms with Crippen LogP contribution >= 0.6 is 0 Å². The molecule has 0 spiro atoms. The number of benzene rings is 2. The highest BCUT2D eigenvalue weighted by Gasteiger charge is 2.29. The summed E-state index contributed by atoms with van der Waals surface area (Å²) in [5.41, 5.74) is 3.44. The molecule has 0 radical (unpaired) electrons. The molecule has 140 valence electrons. The number of aryl methyl sites for hydroxylation is 3. The van der Waals surface area contributed by atoms with Crippen molar-refractivity contribution in [3.05, 3.63) is 64.7 Å². The predicted molar refractivity (Wildman–Crippen MR) is 104 cm³/mol. The first-order valence-electron chi connectivity index (χ1n) is 8.58. The molecule has 0 atom stereocenters. The number of sulfonamides is 1. The summed E-state index contributed by atoms with van der Waals surface area (Å²) in [4.78, 5) is 12.2. The van der Waals surface area contributed by atoms with Crippen LogP contribution in [0.2, 0.25) is 0 Å². The van der Waals surface area contributed by atoms with E-state index in [9.17, 15) is 13.2 Å². The minimum Gasteiger partial charge on any atom is -0.358 e. The fourth-order valence-electron chi connectivity index (χ4n) is 3.12. The Morgan fingerprint density at radius 1 is 1.04 bits per heavy atom. The summed E-state index contributed by atoms with van der Waals surface area (Å²) in [5, 5.41) is 2.51. The van der Waals surface area contributed by atoms with E-state index in [0.29, 0.717) is 22.4 Å². The maximum atomic E-state index is 13.3. The lowest BCUT2D eigenvalue weighted by molar-refractivity contribution is -0.120. The normalized spacial score (nSPS) is 11.6. The van der Waals surface area contributed by atoms with Crippen LogP contribution in [0.1, 0.15) is 22.3 Å². The van der Waals surface area contributed by atoms with Gasteiger partial charge in [0, 0.05) is 13.6 Å². The fourth-order valence-corrected chi connectivity index (χ4v) is 4.93. The van der Waals surface area contributed by atoms with Crippen LogP contribution in [0, 0.1) is 20.8 Å². The minimum atomic E-state index is -3.78. The molecular weight excluding hydrogens is 348 g/mol. The summed E-state index contributed by atoms with van der Waals surface area (Å²) in [6, 6.07) is 13.4. The molecule has 0 fully saturated rings. The monoisotopic (exact) mass is 374 g/mol. The Morgan fingerprint density at radius 3 is 2.15 bits per heavy atom. The number of nitrogens with one attached hydrogen (secondary N) is 1. The summed E-state index contributed by atoms with van der Waals surface area (Å²) >= 11 is 0. The summed E-state index contributed by atoms with van der Waals surface area (Å²) in [5.74, 6) is -0.330. The Kier molecular flexibility index (Phi) is 6.56. The molecule has 2 rings (SSSR count). The van der Waals surface area contributed by atoms with Gasteiger partial charge in [-0.05, 0) is 43.9 Å². The quantitative estimate of drug-likeness (QED) is 0.810. The summed E-state index contributed by atoms with van der Waals surface area (Å²) in [7, 11) is -2.28. The average Bonchev–Trinajstić information content (AvgIpc) is 2.57. The zero-order valence-electron chi connectivity index (χ0n) is 15.7. The van der Waals surface area contributed by atoms with E-state index in [4.69, 9.17) is 0 Å². The molecule has 0 aliphatic rings. The smallest absolute Gasteiger partial charge is 0.244 e. The van der Waals surface area contributed by atoms with E-state index in [1.54, 1.807) is 13.8 Å². The molecule has 26 heavy (non-hydrogen) atoms. The Morgan fingerprint density at radius 2 is 1.62 bits per heavy atom. The molecule has 0 aromatic heterocycles. The third-order valence-electron chi connectivity index (χ3n) is 4.29. The number of hydrogen-bond donors (Lipinski definition) is 1. The molecule has 0 aliphatic heterocycles. The lowest BCUT2D eigenvalue weighted by atomic mass is 10.1. The highest BCUT2D eigenvalue weighted by molar-refractivity contribution is 7.89. The molecule has 0 aliphatic carbocycles. The van der Waals surface area contributed by atoms with E-state index in [-0.39, 0.29) is 19.0 Å². The van der Waals surface area contributed by atoms with Crippen LogP contribution in [-0.2, 0) is 21.2 Å². The van der Waals surface area contributed by atoms with Gasteiger partial charge >= 0.3 is 0 Å². The van der Waals surface area contributed by atoms with Crippen molar-refractivity contribution < 1.29 is 13.2 Å². The highest BCUT2D eigenvalue weighted by atomic mass is 32.2. The van der Waals surface area contributed by atoms with Crippen LogP contribution in [0.15, 0.2) is 47.4 Å². The van der Waals surface area contributed by atoms with E-state index >= 15 is 0 Å². The van der Waals surface area contributed by atoms with Gasteiger partial charge in [0.15, 0.2) is 0 Å². The molecule has 0 bridgehead atoms. The second-order valence-corrected chi connectivity index (χ2v) is 8.35. The van der Waals surface area contributed by atoms with Gasteiger partial charge in [-0.2, -0.15) is 4.31 Å². The number of nitrogens with zero attached hydrogens (tertiary/aromatic N) is 1. The first-order valence-corrected chi connectivity index (χ1v) is 10.0. The minimum absolute atomic E-state index is 0.196. The molecule has 5 nitrogen and oxygen atoms in total. The van der Waals surface area contributed by atoms with Crippen LogP contribution in [0.3, 0.4) is 0 Å². The number of rotatable bonds is 7. The van der Waals surface area contributed by atoms with Gasteiger partial charge in [-0.3, -0.25) is 4.79 Å². The van der Waals surface area contributed by atoms with Gasteiger partial charge < -0.3 is 5.32 Å². The van der Waals surface area contributed by atoms with Crippen molar-refractivity contribution in [1.29, 1.82) is 0 Å². The van der Waals surface area contributed by atoms with E-state index < -0.39 is 10.0 Å². The second-order valence-electron chi connectivity index (χ2n) is 6.48. The largest absolute Gasteiger partial charge is 0.358 e. The first kappa shape index (κ1) is 20.1. The Hall–Kier alpha value is -2.18. The van der Waals surface area contributed by atoms with Crippen molar-refractivity contribution in [3.8, 4) is 0 Å². The van der Waals surface area contributed by atoms with Crippen LogP contribution in [-0.4, -0.2) is 38.8 Å². The summed E-state index contributed by atoms with van der Waals surface area (Å²) in [6.07, 6.45) is 0.543. The molecule has 6 heteroatoms. The fraction of sp³-hybridized carbons (Fsp3) is 0.350. The lowest BCUT2D eigenvalue weighted by Gasteiger charge is -2.24. The van der Waals surface area contributed by atoms with E-state index in [0.717, 1.165) is 11.1 Å². The number of amides is 1. The van der Waals surface area contributed by atoms with Gasteiger partial charge in [0.2, 0.25) is 15.9 Å². The van der Waals surface area contributed by atoms with E-state index in [2.05, 4.69) is 5.32 Å². The number of carbonyl (C=O) groups is 1. The van der Waals surface area contributed by atoms with Gasteiger partial charge in [0.25, 0.3) is 0 Å². The second kappa shape index (κ2) is 8.47. The zero-order chi connectivity index (χ0) is 19.3. The van der Waals surface area contributed by atoms with Gasteiger partial charge in [-0.1, -0.05) is 48.0 Å². The Balaban J connectivity index is 2.38. The van der Waals surface area contributed by atoms with Gasteiger partial charge in [0.05, 0.1) is 11.4 Å². The van der Waals surface area contributed by atoms with E-state index in [1.165, 1.54) is 11.4 Å². The Labute approximate surface area is 156 Å². The third kappa shape index (κ3) is 4.71. The van der Waals surface area contributed by atoms with Crippen LogP contribution < -0.4 is 5.32 Å². The molecule has 2 aromatic rings. The zero-order valence-corrected chi connectivity index (χ0v) is 16.6. The molecule has 0 heterocycles. The average molecular weight is 375 g/mol. The standard InChI is InChI=1S/C20H26N2O3S/c1-15-12-16(2)20(17(3)13-15)26(24,25)22(14-19(23)21-4)11-10-18-8-6-5-7-9-18/h5-9,12-13H,10-11,14H2,1-4H3,(H,21,23). The third-order valence-corrected chi connectivity index (χ3v) is 6.45. The van der Waals surface area contributed by atoms with Crippen molar-refractivity contribution >= 4 is 15.9 Å². The molecular formula is C20H26N2O3S. The van der Waals surface area contributed by atoms with Gasteiger partial charge in [0.1, 0.15) is 0 Å². The molecule has 1 amide bonds. The predicted octanol–water partition coefficient (Wildman–Crippen LogP) is 2.59. The van der Waals surface area contributed by atoms with Crippen molar-refractivity contribution in [3.63, 3.8) is 0 Å². The first-order chi connectivity index (χ1) is 12.3. The molecule has 0 saturated carbocycles. The maximum Gasteiger partial charge on any atom is 0.244 e. The van der Waals surface area contributed by atoms with Gasteiger partial charge in [-0.25, -0.2) is 8.42 Å². The van der Waals surface area contributed by atoms with Crippen LogP contribution in [0.5, 0.6) is 0 Å². The number of hydrogen-bond acceptors (Lipinski definition) is 3. The van der Waals surface area contributed by atoms with Crippen molar-refractivity contribution in [2.75, 3.05) is 20.1 Å². The van der Waals surface area contributed by atoms with Crippen LogP contribution in [0.25, 0.3) is 0 Å². The molecule has 0 unspecified atom stereocenters. The van der Waals surface area contributed by atoms with Crippen molar-refractivity contribution in [1.82, 2.24) is 9.62 Å². The lowest BCUT2D eigenvalue weighted by Crippen LogP contribution is -2.41. The van der Waals surface area contributed by atoms with E-state index in [1.807, 2.05) is 49.4 Å². The van der Waals surface area contributed by atoms with Crippen molar-refractivity contribution in [2.45, 2.75) is 32.1 Å². The summed E-state index contributed by atoms with van der Waals surface area (Å²) < 4.78 is 27.9. The summed E-state index contributed by atoms with van der Waals surface area (Å²) in [6.45, 7) is 5.57. The molecule has 2 aromatic carbocycles. The number of carbonyl (C=O) groups excluding carboxylic acids is 1. The molecule has 1 N–H and O–H groups in total. The van der Waals surface area contributed by atoms with Gasteiger partial charge in [-0.15, -0.1) is 0 Å². The maximum absolute atomic E-state index is 13.3.